The summed E-state index contributed by atoms with van der Waals surface area (Å²) in [6, 6.07) is 10.4. The van der Waals surface area contributed by atoms with Crippen LogP contribution in [0.2, 0.25) is 0 Å². The highest BCUT2D eigenvalue weighted by atomic mass is 32.1. The van der Waals surface area contributed by atoms with Crippen LogP contribution in [0.1, 0.15) is 22.9 Å². The number of anilines is 1. The Bertz CT molecular complexity index is 577. The van der Waals surface area contributed by atoms with E-state index in [0.29, 0.717) is 0 Å². The maximum Gasteiger partial charge on any atom is 0.221 e. The van der Waals surface area contributed by atoms with Crippen LogP contribution in [0, 0.1) is 6.92 Å². The van der Waals surface area contributed by atoms with E-state index >= 15 is 0 Å². The molecule has 20 heavy (non-hydrogen) atoms. The molecule has 106 valence electrons. The lowest BCUT2D eigenvalue weighted by atomic mass is 10.1. The number of rotatable bonds is 6. The van der Waals surface area contributed by atoms with Crippen molar-refractivity contribution >= 4 is 22.9 Å². The standard InChI is InChI=1S/C16H20N2OS/c1-12-5-3-4-6-14(12)7-9-17-11-16-15(8-10-20-16)18-13(2)19/h3-6,8,10,17H,7,9,11H2,1-2H3,(H,18,19). The van der Waals surface area contributed by atoms with E-state index in [1.165, 1.54) is 22.9 Å². The fourth-order valence-electron chi connectivity index (χ4n) is 2.09. The van der Waals surface area contributed by atoms with Gasteiger partial charge in [-0.1, -0.05) is 24.3 Å². The average molecular weight is 288 g/mol. The highest BCUT2D eigenvalue weighted by Gasteiger charge is 2.05. The predicted octanol–water partition coefficient (Wildman–Crippen LogP) is 3.35. The summed E-state index contributed by atoms with van der Waals surface area (Å²) >= 11 is 1.66. The fourth-order valence-corrected chi connectivity index (χ4v) is 2.89. The van der Waals surface area contributed by atoms with Gasteiger partial charge in [0.05, 0.1) is 5.69 Å². The van der Waals surface area contributed by atoms with Gasteiger partial charge in [0.15, 0.2) is 0 Å². The lowest BCUT2D eigenvalue weighted by Gasteiger charge is -2.08. The first kappa shape index (κ1) is 14.8. The van der Waals surface area contributed by atoms with Crippen molar-refractivity contribution in [3.63, 3.8) is 0 Å². The Balaban J connectivity index is 1.80. The number of amides is 1. The Labute approximate surface area is 124 Å². The summed E-state index contributed by atoms with van der Waals surface area (Å²) in [7, 11) is 0. The van der Waals surface area contributed by atoms with Crippen LogP contribution in [0.25, 0.3) is 0 Å². The highest BCUT2D eigenvalue weighted by molar-refractivity contribution is 7.10. The molecular formula is C16H20N2OS. The molecule has 1 amide bonds. The van der Waals surface area contributed by atoms with Crippen LogP contribution < -0.4 is 10.6 Å². The first-order valence-corrected chi connectivity index (χ1v) is 7.64. The minimum atomic E-state index is -0.0236. The van der Waals surface area contributed by atoms with Crippen molar-refractivity contribution in [2.75, 3.05) is 11.9 Å². The fraction of sp³-hybridized carbons (Fsp3) is 0.312. The number of carbonyl (C=O) groups excluding carboxylic acids is 1. The average Bonchev–Trinajstić information content (AvgIpc) is 2.83. The molecule has 4 heteroatoms. The van der Waals surface area contributed by atoms with E-state index in [-0.39, 0.29) is 5.91 Å². The molecule has 1 aromatic carbocycles. The summed E-state index contributed by atoms with van der Waals surface area (Å²) < 4.78 is 0. The van der Waals surface area contributed by atoms with E-state index in [1.54, 1.807) is 11.3 Å². The second-order valence-corrected chi connectivity index (χ2v) is 5.79. The molecule has 2 aromatic rings. The zero-order valence-corrected chi connectivity index (χ0v) is 12.7. The lowest BCUT2D eigenvalue weighted by Crippen LogP contribution is -2.17. The van der Waals surface area contributed by atoms with Gasteiger partial charge < -0.3 is 10.6 Å². The number of carbonyl (C=O) groups is 1. The SMILES string of the molecule is CC(=O)Nc1ccsc1CNCCc1ccccc1C. The van der Waals surface area contributed by atoms with E-state index in [4.69, 9.17) is 0 Å². The van der Waals surface area contributed by atoms with E-state index < -0.39 is 0 Å². The largest absolute Gasteiger partial charge is 0.325 e. The van der Waals surface area contributed by atoms with Gasteiger partial charge >= 0.3 is 0 Å². The summed E-state index contributed by atoms with van der Waals surface area (Å²) in [4.78, 5) is 12.3. The van der Waals surface area contributed by atoms with Crippen molar-refractivity contribution in [1.29, 1.82) is 0 Å². The van der Waals surface area contributed by atoms with Crippen LogP contribution in [-0.4, -0.2) is 12.5 Å². The van der Waals surface area contributed by atoms with Gasteiger partial charge in [-0.15, -0.1) is 11.3 Å². The molecule has 0 saturated heterocycles. The molecule has 2 N–H and O–H groups in total. The maximum absolute atomic E-state index is 11.1. The van der Waals surface area contributed by atoms with Gasteiger partial charge in [-0.3, -0.25) is 4.79 Å². The van der Waals surface area contributed by atoms with Crippen molar-refractivity contribution in [3.05, 3.63) is 51.7 Å². The van der Waals surface area contributed by atoms with Gasteiger partial charge in [-0.2, -0.15) is 0 Å². The number of thiophene rings is 1. The highest BCUT2D eigenvalue weighted by Crippen LogP contribution is 2.21. The quantitative estimate of drug-likeness (QED) is 0.800. The number of nitrogens with one attached hydrogen (secondary N) is 2. The molecule has 0 unspecified atom stereocenters. The van der Waals surface area contributed by atoms with Crippen molar-refractivity contribution in [3.8, 4) is 0 Å². The van der Waals surface area contributed by atoms with Crippen molar-refractivity contribution in [1.82, 2.24) is 5.32 Å². The van der Waals surface area contributed by atoms with Gasteiger partial charge in [-0.05, 0) is 42.5 Å². The van der Waals surface area contributed by atoms with E-state index in [0.717, 1.165) is 25.2 Å². The number of hydrogen-bond donors (Lipinski definition) is 2. The molecule has 0 aliphatic heterocycles. The van der Waals surface area contributed by atoms with Crippen molar-refractivity contribution in [2.45, 2.75) is 26.8 Å². The van der Waals surface area contributed by atoms with Gasteiger partial charge in [0.2, 0.25) is 5.91 Å². The Hall–Kier alpha value is -1.65. The second-order valence-electron chi connectivity index (χ2n) is 4.79. The normalized spacial score (nSPS) is 10.5. The zero-order valence-electron chi connectivity index (χ0n) is 11.9. The molecule has 2 rings (SSSR count). The molecule has 1 aromatic heterocycles. The molecular weight excluding hydrogens is 268 g/mol. The van der Waals surface area contributed by atoms with Crippen molar-refractivity contribution < 1.29 is 4.79 Å². The molecule has 0 aliphatic carbocycles. The smallest absolute Gasteiger partial charge is 0.221 e. The van der Waals surface area contributed by atoms with E-state index in [1.807, 2.05) is 11.4 Å². The summed E-state index contributed by atoms with van der Waals surface area (Å²) in [5.41, 5.74) is 3.64. The van der Waals surface area contributed by atoms with Crippen LogP contribution in [0.5, 0.6) is 0 Å². The Morgan fingerprint density at radius 1 is 1.25 bits per heavy atom. The molecule has 0 radical (unpaired) electrons. The molecule has 0 saturated carbocycles. The van der Waals surface area contributed by atoms with Crippen LogP contribution in [0.15, 0.2) is 35.7 Å². The number of benzene rings is 1. The first-order valence-electron chi connectivity index (χ1n) is 6.76. The van der Waals surface area contributed by atoms with Crippen molar-refractivity contribution in [2.24, 2.45) is 0 Å². The topological polar surface area (TPSA) is 41.1 Å². The van der Waals surface area contributed by atoms with Gasteiger partial charge in [0.25, 0.3) is 0 Å². The molecule has 0 fully saturated rings. The monoisotopic (exact) mass is 288 g/mol. The number of hydrogen-bond acceptors (Lipinski definition) is 3. The molecule has 0 aliphatic rings. The first-order chi connectivity index (χ1) is 9.66. The third-order valence-electron chi connectivity index (χ3n) is 3.17. The van der Waals surface area contributed by atoms with Gasteiger partial charge in [0, 0.05) is 18.3 Å². The van der Waals surface area contributed by atoms with Crippen LogP contribution in [0.4, 0.5) is 5.69 Å². The Morgan fingerprint density at radius 3 is 2.80 bits per heavy atom. The minimum Gasteiger partial charge on any atom is -0.325 e. The summed E-state index contributed by atoms with van der Waals surface area (Å²) in [6.45, 7) is 5.40. The third kappa shape index (κ3) is 4.18. The molecule has 1 heterocycles. The predicted molar refractivity (Wildman–Crippen MR) is 85.2 cm³/mol. The number of aryl methyl sites for hydroxylation is 1. The lowest BCUT2D eigenvalue weighted by molar-refractivity contribution is -0.114. The van der Waals surface area contributed by atoms with Crippen LogP contribution in [-0.2, 0) is 17.8 Å². The molecule has 0 atom stereocenters. The Morgan fingerprint density at radius 2 is 2.05 bits per heavy atom. The third-order valence-corrected chi connectivity index (χ3v) is 4.09. The van der Waals surface area contributed by atoms with E-state index in [9.17, 15) is 4.79 Å². The second kappa shape index (κ2) is 7.22. The van der Waals surface area contributed by atoms with Crippen LogP contribution >= 0.6 is 11.3 Å². The van der Waals surface area contributed by atoms with Crippen LogP contribution in [0.3, 0.4) is 0 Å². The van der Waals surface area contributed by atoms with Gasteiger partial charge in [-0.25, -0.2) is 0 Å². The summed E-state index contributed by atoms with van der Waals surface area (Å²) in [5.74, 6) is -0.0236. The minimum absolute atomic E-state index is 0.0236. The zero-order chi connectivity index (χ0) is 14.4. The van der Waals surface area contributed by atoms with E-state index in [2.05, 4.69) is 41.8 Å². The summed E-state index contributed by atoms with van der Waals surface area (Å²) in [6.07, 6.45) is 1.02. The molecule has 0 bridgehead atoms. The maximum atomic E-state index is 11.1. The molecule has 0 spiro atoms. The van der Waals surface area contributed by atoms with Gasteiger partial charge in [0.1, 0.15) is 0 Å². The Kier molecular flexibility index (Phi) is 5.32. The molecule has 3 nitrogen and oxygen atoms in total. The summed E-state index contributed by atoms with van der Waals surface area (Å²) in [5, 5.41) is 8.29.